The van der Waals surface area contributed by atoms with Gasteiger partial charge in [0.05, 0.1) is 5.92 Å². The van der Waals surface area contributed by atoms with Crippen molar-refractivity contribution in [2.24, 2.45) is 5.92 Å². The minimum atomic E-state index is -0.191. The topological polar surface area (TPSA) is 17.1 Å². The third-order valence-corrected chi connectivity index (χ3v) is 3.40. The van der Waals surface area contributed by atoms with E-state index < -0.39 is 0 Å². The molecule has 0 saturated heterocycles. The van der Waals surface area contributed by atoms with Crippen molar-refractivity contribution in [3.8, 4) is 0 Å². The van der Waals surface area contributed by atoms with Crippen LogP contribution in [0.2, 0.25) is 0 Å². The summed E-state index contributed by atoms with van der Waals surface area (Å²) in [5.41, 5.74) is 2.84. The Morgan fingerprint density at radius 3 is 2.88 bits per heavy atom. The molecule has 0 radical (unpaired) electrons. The Hall–Kier alpha value is -1.54. The molecule has 2 heteroatoms. The molecule has 1 atom stereocenters. The number of allylic oxidation sites excluding steroid dienone is 5. The van der Waals surface area contributed by atoms with Gasteiger partial charge in [-0.15, -0.1) is 12.6 Å². The SMILES string of the molecule is O=C1c2ccccc2C=C2C=CC=C(S)C12. The van der Waals surface area contributed by atoms with Gasteiger partial charge in [0.1, 0.15) is 0 Å². The Bertz CT molecular complexity index is 564. The number of hydrogen-bond acceptors (Lipinski definition) is 2. The molecule has 0 amide bonds. The van der Waals surface area contributed by atoms with E-state index in [9.17, 15) is 4.79 Å². The van der Waals surface area contributed by atoms with E-state index >= 15 is 0 Å². The molecular formula is C14H10OS. The van der Waals surface area contributed by atoms with Gasteiger partial charge in [-0.3, -0.25) is 4.79 Å². The Morgan fingerprint density at radius 1 is 1.19 bits per heavy atom. The molecule has 2 aliphatic carbocycles. The van der Waals surface area contributed by atoms with Gasteiger partial charge in [-0.25, -0.2) is 0 Å². The molecule has 0 heterocycles. The molecule has 1 unspecified atom stereocenters. The lowest BCUT2D eigenvalue weighted by molar-refractivity contribution is 0.0958. The van der Waals surface area contributed by atoms with Crippen LogP contribution in [-0.2, 0) is 0 Å². The fourth-order valence-electron chi connectivity index (χ4n) is 2.22. The molecule has 16 heavy (non-hydrogen) atoms. The minimum Gasteiger partial charge on any atom is -0.293 e. The Labute approximate surface area is 99.6 Å². The van der Waals surface area contributed by atoms with Crippen molar-refractivity contribution in [3.05, 3.63) is 64.1 Å². The van der Waals surface area contributed by atoms with Crippen molar-refractivity contribution in [2.75, 3.05) is 0 Å². The van der Waals surface area contributed by atoms with Crippen molar-refractivity contribution in [3.63, 3.8) is 0 Å². The van der Waals surface area contributed by atoms with Crippen LogP contribution in [0.4, 0.5) is 0 Å². The Morgan fingerprint density at radius 2 is 2.00 bits per heavy atom. The lowest BCUT2D eigenvalue weighted by Crippen LogP contribution is -2.22. The van der Waals surface area contributed by atoms with Gasteiger partial charge in [-0.05, 0) is 22.1 Å². The maximum atomic E-state index is 12.3. The van der Waals surface area contributed by atoms with E-state index in [1.807, 2.05) is 42.5 Å². The van der Waals surface area contributed by atoms with Crippen molar-refractivity contribution < 1.29 is 4.79 Å². The zero-order valence-corrected chi connectivity index (χ0v) is 9.45. The molecule has 1 nitrogen and oxygen atoms in total. The first kappa shape index (κ1) is 9.67. The molecule has 0 aromatic heterocycles. The lowest BCUT2D eigenvalue weighted by atomic mass is 9.80. The predicted molar refractivity (Wildman–Crippen MR) is 68.4 cm³/mol. The van der Waals surface area contributed by atoms with Crippen molar-refractivity contribution in [1.29, 1.82) is 0 Å². The van der Waals surface area contributed by atoms with E-state index in [0.29, 0.717) is 0 Å². The van der Waals surface area contributed by atoms with Crippen LogP contribution in [0.1, 0.15) is 15.9 Å². The molecule has 0 spiro atoms. The number of thiol groups is 1. The largest absolute Gasteiger partial charge is 0.293 e. The fraction of sp³-hybridized carbons (Fsp3) is 0.0714. The molecule has 78 valence electrons. The summed E-state index contributed by atoms with van der Waals surface area (Å²) in [5.74, 6) is -0.0399. The second-order valence-corrected chi connectivity index (χ2v) is 4.50. The summed E-state index contributed by atoms with van der Waals surface area (Å²) >= 11 is 4.38. The summed E-state index contributed by atoms with van der Waals surface area (Å²) in [6.07, 6.45) is 7.88. The average Bonchev–Trinajstić information content (AvgIpc) is 2.29. The lowest BCUT2D eigenvalue weighted by Gasteiger charge is -2.25. The van der Waals surface area contributed by atoms with Gasteiger partial charge < -0.3 is 0 Å². The third-order valence-electron chi connectivity index (χ3n) is 3.00. The summed E-state index contributed by atoms with van der Waals surface area (Å²) < 4.78 is 0. The van der Waals surface area contributed by atoms with Crippen molar-refractivity contribution in [2.45, 2.75) is 0 Å². The van der Waals surface area contributed by atoms with Crippen LogP contribution >= 0.6 is 12.6 Å². The van der Waals surface area contributed by atoms with Gasteiger partial charge >= 0.3 is 0 Å². The van der Waals surface area contributed by atoms with E-state index in [4.69, 9.17) is 0 Å². The van der Waals surface area contributed by atoms with Crippen LogP contribution in [0, 0.1) is 5.92 Å². The molecule has 0 saturated carbocycles. The fourth-order valence-corrected chi connectivity index (χ4v) is 2.57. The molecular weight excluding hydrogens is 216 g/mol. The number of fused-ring (bicyclic) bond motifs is 2. The zero-order chi connectivity index (χ0) is 11.1. The summed E-state index contributed by atoms with van der Waals surface area (Å²) in [5, 5.41) is 0. The van der Waals surface area contributed by atoms with E-state index in [-0.39, 0.29) is 11.7 Å². The van der Waals surface area contributed by atoms with E-state index in [1.54, 1.807) is 0 Å². The first-order valence-electron chi connectivity index (χ1n) is 5.19. The monoisotopic (exact) mass is 226 g/mol. The van der Waals surface area contributed by atoms with Gasteiger partial charge in [-0.2, -0.15) is 0 Å². The maximum absolute atomic E-state index is 12.3. The van der Waals surface area contributed by atoms with Crippen molar-refractivity contribution >= 4 is 24.5 Å². The normalized spacial score (nSPS) is 22.1. The van der Waals surface area contributed by atoms with Gasteiger partial charge in [-0.1, -0.05) is 42.5 Å². The second kappa shape index (κ2) is 3.49. The highest BCUT2D eigenvalue weighted by atomic mass is 32.1. The van der Waals surface area contributed by atoms with E-state index in [0.717, 1.165) is 21.6 Å². The molecule has 0 aliphatic heterocycles. The number of carbonyl (C=O) groups excluding carboxylic acids is 1. The Kier molecular flexibility index (Phi) is 2.11. The highest BCUT2D eigenvalue weighted by molar-refractivity contribution is 7.84. The number of benzene rings is 1. The Balaban J connectivity index is 2.23. The average molecular weight is 226 g/mol. The molecule has 2 aliphatic rings. The molecule has 0 N–H and O–H groups in total. The zero-order valence-electron chi connectivity index (χ0n) is 8.55. The maximum Gasteiger partial charge on any atom is 0.175 e. The van der Waals surface area contributed by atoms with Gasteiger partial charge in [0, 0.05) is 5.56 Å². The molecule has 3 rings (SSSR count). The van der Waals surface area contributed by atoms with Crippen molar-refractivity contribution in [1.82, 2.24) is 0 Å². The minimum absolute atomic E-state index is 0.152. The highest BCUT2D eigenvalue weighted by Gasteiger charge is 2.30. The number of hydrogen-bond donors (Lipinski definition) is 1. The highest BCUT2D eigenvalue weighted by Crippen LogP contribution is 2.37. The number of rotatable bonds is 0. The summed E-state index contributed by atoms with van der Waals surface area (Å²) in [4.78, 5) is 13.1. The van der Waals surface area contributed by atoms with Gasteiger partial charge in [0.15, 0.2) is 5.78 Å². The molecule has 1 aromatic carbocycles. The molecule has 0 bridgehead atoms. The van der Waals surface area contributed by atoms with Gasteiger partial charge in [0.2, 0.25) is 0 Å². The van der Waals surface area contributed by atoms with Crippen LogP contribution in [-0.4, -0.2) is 5.78 Å². The standard InChI is InChI=1S/C14H10OS/c15-14-11-6-2-1-4-9(11)8-10-5-3-7-12(16)13(10)14/h1-8,13,16H. The van der Waals surface area contributed by atoms with Crippen LogP contribution in [0.15, 0.2) is 53.0 Å². The number of Topliss-reactive ketones (excluding diaryl/α,β-unsaturated/α-hetero) is 1. The van der Waals surface area contributed by atoms with Gasteiger partial charge in [0.25, 0.3) is 0 Å². The third kappa shape index (κ3) is 1.30. The predicted octanol–water partition coefficient (Wildman–Crippen LogP) is 3.27. The van der Waals surface area contributed by atoms with Crippen LogP contribution < -0.4 is 0 Å². The first-order valence-corrected chi connectivity index (χ1v) is 5.64. The number of ketones is 1. The quantitative estimate of drug-likeness (QED) is 0.672. The number of carbonyl (C=O) groups is 1. The molecule has 1 aromatic rings. The summed E-state index contributed by atoms with van der Waals surface area (Å²) in [7, 11) is 0. The van der Waals surface area contributed by atoms with E-state index in [1.165, 1.54) is 0 Å². The van der Waals surface area contributed by atoms with Crippen LogP contribution in [0.25, 0.3) is 6.08 Å². The van der Waals surface area contributed by atoms with Crippen LogP contribution in [0.3, 0.4) is 0 Å². The van der Waals surface area contributed by atoms with E-state index in [2.05, 4.69) is 18.7 Å². The summed E-state index contributed by atoms with van der Waals surface area (Å²) in [6, 6.07) is 7.70. The first-order chi connectivity index (χ1) is 7.77. The summed E-state index contributed by atoms with van der Waals surface area (Å²) in [6.45, 7) is 0. The van der Waals surface area contributed by atoms with Crippen LogP contribution in [0.5, 0.6) is 0 Å². The molecule has 0 fully saturated rings. The smallest absolute Gasteiger partial charge is 0.175 e. The second-order valence-electron chi connectivity index (χ2n) is 3.98.